The highest BCUT2D eigenvalue weighted by atomic mass is 16.4. The van der Waals surface area contributed by atoms with E-state index >= 15 is 0 Å². The van der Waals surface area contributed by atoms with Crippen molar-refractivity contribution >= 4 is 23.5 Å². The SMILES string of the molecule is C=C(C)C[C@H](NC(=O)c1ccccc1NC(C)=O)C(=O)O. The molecule has 0 aromatic heterocycles. The third kappa shape index (κ3) is 5.10. The summed E-state index contributed by atoms with van der Waals surface area (Å²) >= 11 is 0. The Hall–Kier alpha value is -2.63. The van der Waals surface area contributed by atoms with Gasteiger partial charge in [-0.2, -0.15) is 0 Å². The number of aliphatic carboxylic acids is 1. The molecule has 0 heterocycles. The summed E-state index contributed by atoms with van der Waals surface area (Å²) in [5, 5.41) is 14.1. The second kappa shape index (κ2) is 7.23. The molecule has 6 heteroatoms. The van der Waals surface area contributed by atoms with Gasteiger partial charge >= 0.3 is 5.97 Å². The number of carbonyl (C=O) groups is 3. The van der Waals surface area contributed by atoms with Crippen molar-refractivity contribution in [3.63, 3.8) is 0 Å². The highest BCUT2D eigenvalue weighted by molar-refractivity contribution is 6.04. The monoisotopic (exact) mass is 290 g/mol. The number of amides is 2. The maximum absolute atomic E-state index is 12.2. The molecule has 0 aliphatic heterocycles. The van der Waals surface area contributed by atoms with Crippen LogP contribution in [0.25, 0.3) is 0 Å². The topological polar surface area (TPSA) is 95.5 Å². The summed E-state index contributed by atoms with van der Waals surface area (Å²) in [7, 11) is 0. The van der Waals surface area contributed by atoms with Gasteiger partial charge < -0.3 is 15.7 Å². The fourth-order valence-corrected chi connectivity index (χ4v) is 1.76. The van der Waals surface area contributed by atoms with E-state index in [2.05, 4.69) is 17.2 Å². The Morgan fingerprint density at radius 2 is 1.86 bits per heavy atom. The second-order valence-electron chi connectivity index (χ2n) is 4.75. The van der Waals surface area contributed by atoms with E-state index in [1.807, 2.05) is 0 Å². The molecule has 0 radical (unpaired) electrons. The van der Waals surface area contributed by atoms with Crippen molar-refractivity contribution in [2.45, 2.75) is 26.3 Å². The Kier molecular flexibility index (Phi) is 5.66. The van der Waals surface area contributed by atoms with E-state index in [4.69, 9.17) is 5.11 Å². The number of para-hydroxylation sites is 1. The first-order valence-corrected chi connectivity index (χ1v) is 6.36. The van der Waals surface area contributed by atoms with E-state index in [-0.39, 0.29) is 17.9 Å². The van der Waals surface area contributed by atoms with Gasteiger partial charge in [-0.15, -0.1) is 6.58 Å². The van der Waals surface area contributed by atoms with E-state index in [0.29, 0.717) is 11.3 Å². The Balaban J connectivity index is 2.94. The molecule has 21 heavy (non-hydrogen) atoms. The second-order valence-corrected chi connectivity index (χ2v) is 4.75. The molecule has 1 rings (SSSR count). The van der Waals surface area contributed by atoms with Crippen molar-refractivity contribution in [3.8, 4) is 0 Å². The van der Waals surface area contributed by atoms with Gasteiger partial charge in [0.25, 0.3) is 5.91 Å². The maximum Gasteiger partial charge on any atom is 0.326 e. The van der Waals surface area contributed by atoms with E-state index in [1.54, 1.807) is 25.1 Å². The molecular formula is C15H18N2O4. The highest BCUT2D eigenvalue weighted by Gasteiger charge is 2.22. The predicted octanol–water partition coefficient (Wildman–Crippen LogP) is 1.79. The smallest absolute Gasteiger partial charge is 0.326 e. The van der Waals surface area contributed by atoms with Crippen molar-refractivity contribution in [3.05, 3.63) is 42.0 Å². The maximum atomic E-state index is 12.2. The summed E-state index contributed by atoms with van der Waals surface area (Å²) in [4.78, 5) is 34.4. The van der Waals surface area contributed by atoms with Gasteiger partial charge in [-0.25, -0.2) is 4.79 Å². The Morgan fingerprint density at radius 1 is 1.24 bits per heavy atom. The van der Waals surface area contributed by atoms with Crippen LogP contribution in [0.15, 0.2) is 36.4 Å². The lowest BCUT2D eigenvalue weighted by Crippen LogP contribution is -2.41. The van der Waals surface area contributed by atoms with Crippen LogP contribution in [0, 0.1) is 0 Å². The Labute approximate surface area is 122 Å². The van der Waals surface area contributed by atoms with Gasteiger partial charge in [0.05, 0.1) is 11.3 Å². The minimum atomic E-state index is -1.14. The number of rotatable bonds is 6. The van der Waals surface area contributed by atoms with Crippen LogP contribution in [0.2, 0.25) is 0 Å². The van der Waals surface area contributed by atoms with Gasteiger partial charge in [0, 0.05) is 6.92 Å². The van der Waals surface area contributed by atoms with Gasteiger partial charge in [0.2, 0.25) is 5.91 Å². The molecule has 1 aromatic carbocycles. The van der Waals surface area contributed by atoms with Crippen molar-refractivity contribution in [1.82, 2.24) is 5.32 Å². The van der Waals surface area contributed by atoms with E-state index in [1.165, 1.54) is 13.0 Å². The average molecular weight is 290 g/mol. The fourth-order valence-electron chi connectivity index (χ4n) is 1.76. The molecule has 0 bridgehead atoms. The molecule has 0 unspecified atom stereocenters. The molecule has 0 saturated carbocycles. The quantitative estimate of drug-likeness (QED) is 0.696. The van der Waals surface area contributed by atoms with Crippen LogP contribution in [0.4, 0.5) is 5.69 Å². The zero-order valence-electron chi connectivity index (χ0n) is 12.0. The number of carboxylic acids is 1. The van der Waals surface area contributed by atoms with Crippen LogP contribution in [-0.4, -0.2) is 28.9 Å². The normalized spacial score (nSPS) is 11.3. The largest absolute Gasteiger partial charge is 0.480 e. The number of hydrogen-bond donors (Lipinski definition) is 3. The summed E-state index contributed by atoms with van der Waals surface area (Å²) in [5.74, 6) is -2.01. The number of anilines is 1. The lowest BCUT2D eigenvalue weighted by atomic mass is 10.1. The number of carboxylic acid groups (broad SMARTS) is 1. The number of benzene rings is 1. The summed E-state index contributed by atoms with van der Waals surface area (Å²) in [6.07, 6.45) is 0.142. The molecular weight excluding hydrogens is 272 g/mol. The third-order valence-corrected chi connectivity index (χ3v) is 2.64. The summed E-state index contributed by atoms with van der Waals surface area (Å²) in [6, 6.07) is 5.34. The first-order valence-electron chi connectivity index (χ1n) is 6.36. The van der Waals surface area contributed by atoms with Gasteiger partial charge in [-0.1, -0.05) is 17.7 Å². The first-order chi connectivity index (χ1) is 9.81. The van der Waals surface area contributed by atoms with Crippen LogP contribution in [0.1, 0.15) is 30.6 Å². The molecule has 6 nitrogen and oxygen atoms in total. The summed E-state index contributed by atoms with van der Waals surface area (Å²) < 4.78 is 0. The first kappa shape index (κ1) is 16.4. The standard InChI is InChI=1S/C15H18N2O4/c1-9(2)8-13(15(20)21)17-14(19)11-6-4-5-7-12(11)16-10(3)18/h4-7,13H,1,8H2,2-3H3,(H,16,18)(H,17,19)(H,20,21)/t13-/m0/s1. The molecule has 0 saturated heterocycles. The molecule has 1 atom stereocenters. The zero-order valence-corrected chi connectivity index (χ0v) is 12.0. The highest BCUT2D eigenvalue weighted by Crippen LogP contribution is 2.15. The Morgan fingerprint density at radius 3 is 2.38 bits per heavy atom. The number of carbonyl (C=O) groups excluding carboxylic acids is 2. The van der Waals surface area contributed by atoms with Crippen molar-refractivity contribution < 1.29 is 19.5 Å². The minimum absolute atomic E-state index is 0.142. The molecule has 0 spiro atoms. The van der Waals surface area contributed by atoms with E-state index < -0.39 is 17.9 Å². The molecule has 1 aromatic rings. The molecule has 3 N–H and O–H groups in total. The summed E-state index contributed by atoms with van der Waals surface area (Å²) in [5.41, 5.74) is 1.19. The molecule has 0 fully saturated rings. The molecule has 0 aliphatic rings. The third-order valence-electron chi connectivity index (χ3n) is 2.64. The Bertz CT molecular complexity index is 581. The summed E-state index contributed by atoms with van der Waals surface area (Å²) in [6.45, 7) is 6.66. The van der Waals surface area contributed by atoms with Crippen LogP contribution in [0.5, 0.6) is 0 Å². The lowest BCUT2D eigenvalue weighted by Gasteiger charge is -2.16. The van der Waals surface area contributed by atoms with Crippen molar-refractivity contribution in [1.29, 1.82) is 0 Å². The average Bonchev–Trinajstić information content (AvgIpc) is 2.37. The lowest BCUT2D eigenvalue weighted by molar-refractivity contribution is -0.139. The zero-order chi connectivity index (χ0) is 16.0. The molecule has 2 amide bonds. The van der Waals surface area contributed by atoms with E-state index in [0.717, 1.165) is 0 Å². The van der Waals surface area contributed by atoms with Crippen LogP contribution in [0.3, 0.4) is 0 Å². The predicted molar refractivity (Wildman–Crippen MR) is 79.1 cm³/mol. The molecule has 0 aliphatic carbocycles. The number of nitrogens with one attached hydrogen (secondary N) is 2. The van der Waals surface area contributed by atoms with Gasteiger partial charge in [0.15, 0.2) is 0 Å². The number of hydrogen-bond acceptors (Lipinski definition) is 3. The van der Waals surface area contributed by atoms with Gasteiger partial charge in [-0.3, -0.25) is 9.59 Å². The van der Waals surface area contributed by atoms with Crippen molar-refractivity contribution in [2.75, 3.05) is 5.32 Å². The minimum Gasteiger partial charge on any atom is -0.480 e. The van der Waals surface area contributed by atoms with Gasteiger partial charge in [0.1, 0.15) is 6.04 Å². The van der Waals surface area contributed by atoms with Crippen LogP contribution in [-0.2, 0) is 9.59 Å². The van der Waals surface area contributed by atoms with Crippen molar-refractivity contribution in [2.24, 2.45) is 0 Å². The van der Waals surface area contributed by atoms with Gasteiger partial charge in [-0.05, 0) is 25.5 Å². The van der Waals surface area contributed by atoms with Crippen LogP contribution < -0.4 is 10.6 Å². The fraction of sp³-hybridized carbons (Fsp3) is 0.267. The van der Waals surface area contributed by atoms with Crippen LogP contribution >= 0.6 is 0 Å². The molecule has 112 valence electrons. The van der Waals surface area contributed by atoms with E-state index in [9.17, 15) is 14.4 Å².